The Balaban J connectivity index is 1.49. The molecule has 0 spiro atoms. The van der Waals surface area contributed by atoms with E-state index in [1.165, 1.54) is 0 Å². The summed E-state index contributed by atoms with van der Waals surface area (Å²) in [5.74, 6) is 3.61. The predicted molar refractivity (Wildman–Crippen MR) is 158 cm³/mol. The van der Waals surface area contributed by atoms with E-state index in [9.17, 15) is 0 Å². The van der Waals surface area contributed by atoms with E-state index in [1.54, 1.807) is 0 Å². The van der Waals surface area contributed by atoms with Crippen LogP contribution in [0.1, 0.15) is 17.5 Å². The van der Waals surface area contributed by atoms with Gasteiger partial charge in [-0.05, 0) is 0 Å². The number of benzene rings is 3. The summed E-state index contributed by atoms with van der Waals surface area (Å²) in [6.07, 6.45) is 0. The van der Waals surface area contributed by atoms with Gasteiger partial charge in [-0.15, -0.1) is 0 Å². The molecule has 12 heteroatoms. The molecule has 8 nitrogen and oxygen atoms in total. The van der Waals surface area contributed by atoms with Crippen LogP contribution in [-0.2, 0) is 0 Å². The van der Waals surface area contributed by atoms with Gasteiger partial charge in [0, 0.05) is 0 Å². The van der Waals surface area contributed by atoms with Gasteiger partial charge < -0.3 is 0 Å². The first-order chi connectivity index (χ1) is 19.3. The molecular weight excluding hydrogens is 682 g/mol. The first kappa shape index (κ1) is 25.7. The molecule has 0 N–H and O–H groups in total. The van der Waals surface area contributed by atoms with Crippen molar-refractivity contribution in [3.8, 4) is 0 Å². The number of imidazole rings is 3. The fraction of sp³-hybridized carbons (Fsp3) is 0.107. The molecule has 1 aliphatic heterocycles. The normalized spacial score (nSPS) is 14.3. The quantitative estimate of drug-likeness (QED) is 0.241. The average molecular weight is 701 g/mol. The van der Waals surface area contributed by atoms with E-state index in [1.807, 2.05) is 84.5 Å². The van der Waals surface area contributed by atoms with Gasteiger partial charge in [-0.2, -0.15) is 0 Å². The average Bonchev–Trinajstić information content (AvgIpc) is 3.46. The van der Waals surface area contributed by atoms with E-state index in [0.717, 1.165) is 60.2 Å². The zero-order chi connectivity index (χ0) is 27.7. The topological polar surface area (TPSA) is 78.2 Å². The van der Waals surface area contributed by atoms with Crippen LogP contribution in [-0.4, -0.2) is 38.5 Å². The molecule has 200 valence electrons. The number of aryl methyl sites for hydroxylation is 3. The van der Waals surface area contributed by atoms with Gasteiger partial charge in [-0.1, -0.05) is 0 Å². The monoisotopic (exact) mass is 699 g/mol. The molecule has 6 aromatic rings. The fourth-order valence-electron chi connectivity index (χ4n) is 4.95. The van der Waals surface area contributed by atoms with Crippen molar-refractivity contribution in [2.24, 2.45) is 9.98 Å². The maximum atomic E-state index is 6.29. The van der Waals surface area contributed by atoms with E-state index in [2.05, 4.69) is 8.65 Å². The van der Waals surface area contributed by atoms with Crippen molar-refractivity contribution in [2.75, 3.05) is 0 Å². The molecule has 0 saturated heterocycles. The summed E-state index contributed by atoms with van der Waals surface area (Å²) in [5, 5.41) is 1.89. The van der Waals surface area contributed by atoms with E-state index in [4.69, 9.17) is 59.7 Å². The zero-order valence-corrected chi connectivity index (χ0v) is 25.8. The second-order valence-electron chi connectivity index (χ2n) is 9.25. The Morgan fingerprint density at radius 3 is 1.57 bits per heavy atom. The van der Waals surface area contributed by atoms with Crippen LogP contribution < -0.4 is 21.2 Å². The minimum atomic E-state index is -0.783. The zero-order valence-electron chi connectivity index (χ0n) is 21.4. The molecule has 3 aromatic heterocycles. The van der Waals surface area contributed by atoms with Crippen LogP contribution in [0.15, 0.2) is 68.7 Å². The predicted octanol–water partition coefficient (Wildman–Crippen LogP) is 4.29. The van der Waals surface area contributed by atoms with Crippen LogP contribution in [0.4, 0.5) is 0 Å². The molecule has 0 unspecified atom stereocenters. The molecule has 0 amide bonds. The van der Waals surface area contributed by atoms with Gasteiger partial charge in [0.1, 0.15) is 0 Å². The van der Waals surface area contributed by atoms with Crippen LogP contribution >= 0.6 is 34.8 Å². The van der Waals surface area contributed by atoms with Crippen LogP contribution in [0.5, 0.6) is 0 Å². The maximum absolute atomic E-state index is 6.29. The van der Waals surface area contributed by atoms with Crippen molar-refractivity contribution in [3.63, 3.8) is 0 Å². The minimum absolute atomic E-state index is 0.492. The van der Waals surface area contributed by atoms with Gasteiger partial charge in [0.05, 0.1) is 0 Å². The van der Waals surface area contributed by atoms with Gasteiger partial charge >= 0.3 is 255 Å². The summed E-state index contributed by atoms with van der Waals surface area (Å²) in [6.45, 7) is 5.88. The fourth-order valence-corrected chi connectivity index (χ4v) is 7.67. The Labute approximate surface area is 253 Å². The third-order valence-electron chi connectivity index (χ3n) is 6.62. The summed E-state index contributed by atoms with van der Waals surface area (Å²) in [4.78, 5) is 24.6. The molecule has 0 fully saturated rings. The number of aliphatic imine (C=N–C) groups is 2. The summed E-state index contributed by atoms with van der Waals surface area (Å²) in [7, 11) is 0. The van der Waals surface area contributed by atoms with Crippen LogP contribution in [0.25, 0.3) is 38.9 Å². The van der Waals surface area contributed by atoms with Crippen molar-refractivity contribution in [2.45, 2.75) is 20.8 Å². The summed E-state index contributed by atoms with van der Waals surface area (Å²) in [6, 6.07) is 17.1. The Kier molecular flexibility index (Phi) is 6.23. The van der Waals surface area contributed by atoms with Crippen LogP contribution in [0, 0.1) is 20.8 Å². The Morgan fingerprint density at radius 2 is 1.02 bits per heavy atom. The number of aromatic nitrogens is 6. The van der Waals surface area contributed by atoms with E-state index in [0.29, 0.717) is 21.0 Å². The molecule has 0 atom stereocenters. The van der Waals surface area contributed by atoms with Gasteiger partial charge in [-0.25, -0.2) is 0 Å². The Morgan fingerprint density at radius 1 is 0.575 bits per heavy atom. The van der Waals surface area contributed by atoms with Gasteiger partial charge in [0.25, 0.3) is 0 Å². The summed E-state index contributed by atoms with van der Waals surface area (Å²) >= 11 is 18.1. The number of halogens is 4. The number of hydrogen-bond acceptors (Lipinski definition) is 5. The first-order valence-corrected chi connectivity index (χ1v) is 15.7. The third kappa shape index (κ3) is 4.23. The number of nitrogens with zero attached hydrogens (tertiary/aromatic N) is 8. The van der Waals surface area contributed by atoms with Gasteiger partial charge in [0.15, 0.2) is 0 Å². The van der Waals surface area contributed by atoms with Gasteiger partial charge in [0.2, 0.25) is 0 Å². The van der Waals surface area contributed by atoms with E-state index in [-0.39, 0.29) is 0 Å². The van der Waals surface area contributed by atoms with Crippen molar-refractivity contribution in [1.82, 2.24) is 28.7 Å². The first-order valence-electron chi connectivity index (χ1n) is 12.2. The molecular formula is C28H19Cl3IN8-. The van der Waals surface area contributed by atoms with E-state index >= 15 is 0 Å². The molecule has 40 heavy (non-hydrogen) atoms. The number of hydrogen-bond donors (Lipinski definition) is 0. The molecule has 3 aromatic carbocycles. The molecule has 0 bridgehead atoms. The van der Waals surface area contributed by atoms with E-state index < -0.39 is 21.2 Å². The molecule has 0 aliphatic carbocycles. The molecule has 4 heterocycles. The van der Waals surface area contributed by atoms with Crippen LogP contribution in [0.3, 0.4) is 0 Å². The van der Waals surface area contributed by atoms with Crippen molar-refractivity contribution < 1.29 is 21.2 Å². The number of fused-ring (bicyclic) bond motifs is 3. The standard InChI is InChI=1S/C28H19Cl3IN8/c1-14-33-20-10-17(29)4-7-23(20)38(14)26-13-32-27(39-15(2)34-21-11-18(30)5-8-24(21)39)37-28(36-26)40-16(3)35-22-12-19(31)6-9-25(22)40/h4-13H,1-3H3/q-1. The van der Waals surface area contributed by atoms with Crippen molar-refractivity contribution >= 4 is 83.5 Å². The molecule has 0 saturated carbocycles. The Hall–Kier alpha value is -3.25. The Bertz CT molecular complexity index is 2110. The molecule has 1 aliphatic rings. The molecule has 0 radical (unpaired) electrons. The van der Waals surface area contributed by atoms with Gasteiger partial charge in [-0.3, -0.25) is 0 Å². The second kappa shape index (κ2) is 9.69. The van der Waals surface area contributed by atoms with Crippen molar-refractivity contribution in [3.05, 3.63) is 91.2 Å². The molecule has 7 rings (SSSR count). The van der Waals surface area contributed by atoms with Crippen LogP contribution in [0.2, 0.25) is 15.1 Å². The SMILES string of the molecule is Cc1nc2cc(Cl)ccc2n1C1=C[I-]C(n2c(C)nc3cc(Cl)ccc32)=NC(n2c(C)nc3cc(Cl)ccc32)=N1. The summed E-state index contributed by atoms with van der Waals surface area (Å²) < 4.78 is 9.15. The second-order valence-corrected chi connectivity index (χ2v) is 12.8. The summed E-state index contributed by atoms with van der Waals surface area (Å²) in [5.41, 5.74) is 5.11. The van der Waals surface area contributed by atoms with Crippen molar-refractivity contribution in [1.29, 1.82) is 0 Å². The third-order valence-corrected chi connectivity index (χ3v) is 9.48. The number of rotatable bonds is 1.